The molecule has 0 atom stereocenters. The van der Waals surface area contributed by atoms with Crippen molar-refractivity contribution in [2.75, 3.05) is 0 Å². The Morgan fingerprint density at radius 2 is 2.36 bits per heavy atom. The maximum atomic E-state index is 4.98. The highest BCUT2D eigenvalue weighted by Gasteiger charge is 2.03. The van der Waals surface area contributed by atoms with E-state index in [9.17, 15) is 0 Å². The Kier molecular flexibility index (Phi) is 2.78. The van der Waals surface area contributed by atoms with Gasteiger partial charge in [-0.3, -0.25) is 0 Å². The number of hydrogen-bond acceptors (Lipinski definition) is 5. The molecule has 0 radical (unpaired) electrons. The van der Waals surface area contributed by atoms with Crippen LogP contribution in [0.3, 0.4) is 0 Å². The van der Waals surface area contributed by atoms with Gasteiger partial charge in [-0.1, -0.05) is 23.0 Å². The van der Waals surface area contributed by atoms with Crippen LogP contribution in [-0.4, -0.2) is 15.1 Å². The SMILES string of the molecule is Cc1noc(CSc2ccccn2)n1. The van der Waals surface area contributed by atoms with Crippen LogP contribution in [0, 0.1) is 6.92 Å². The number of nitrogens with zero attached hydrogens (tertiary/aromatic N) is 3. The fourth-order valence-electron chi connectivity index (χ4n) is 0.967. The molecule has 0 saturated carbocycles. The quantitative estimate of drug-likeness (QED) is 0.721. The van der Waals surface area contributed by atoms with Crippen molar-refractivity contribution in [1.82, 2.24) is 15.1 Å². The van der Waals surface area contributed by atoms with E-state index in [2.05, 4.69) is 15.1 Å². The molecule has 4 nitrogen and oxygen atoms in total. The van der Waals surface area contributed by atoms with Crippen LogP contribution in [0.1, 0.15) is 11.7 Å². The van der Waals surface area contributed by atoms with E-state index in [1.165, 1.54) is 0 Å². The minimum atomic E-state index is 0.637. The smallest absolute Gasteiger partial charge is 0.237 e. The Morgan fingerprint density at radius 3 is 3.00 bits per heavy atom. The molecule has 14 heavy (non-hydrogen) atoms. The van der Waals surface area contributed by atoms with Crippen LogP contribution in [0.5, 0.6) is 0 Å². The van der Waals surface area contributed by atoms with E-state index in [1.54, 1.807) is 24.9 Å². The van der Waals surface area contributed by atoms with E-state index in [1.807, 2.05) is 18.2 Å². The predicted octanol–water partition coefficient (Wildman–Crippen LogP) is 2.07. The van der Waals surface area contributed by atoms with E-state index in [0.717, 1.165) is 5.03 Å². The molecule has 0 unspecified atom stereocenters. The summed E-state index contributed by atoms with van der Waals surface area (Å²) in [4.78, 5) is 8.27. The standard InChI is InChI=1S/C9H9N3OS/c1-7-11-8(13-12-7)6-14-9-4-2-3-5-10-9/h2-5H,6H2,1H3. The van der Waals surface area contributed by atoms with Gasteiger partial charge < -0.3 is 4.52 Å². The van der Waals surface area contributed by atoms with Crippen LogP contribution in [-0.2, 0) is 5.75 Å². The summed E-state index contributed by atoms with van der Waals surface area (Å²) in [6, 6.07) is 5.79. The molecule has 0 amide bonds. The van der Waals surface area contributed by atoms with E-state index >= 15 is 0 Å². The van der Waals surface area contributed by atoms with Gasteiger partial charge in [0.15, 0.2) is 5.82 Å². The maximum absolute atomic E-state index is 4.98. The number of aromatic nitrogens is 3. The van der Waals surface area contributed by atoms with E-state index < -0.39 is 0 Å². The summed E-state index contributed by atoms with van der Waals surface area (Å²) in [7, 11) is 0. The fourth-order valence-corrected chi connectivity index (χ4v) is 1.67. The topological polar surface area (TPSA) is 51.8 Å². The third-order valence-electron chi connectivity index (χ3n) is 1.55. The summed E-state index contributed by atoms with van der Waals surface area (Å²) < 4.78 is 4.98. The monoisotopic (exact) mass is 207 g/mol. The highest BCUT2D eigenvalue weighted by Crippen LogP contribution is 2.18. The molecule has 0 aliphatic rings. The second kappa shape index (κ2) is 4.23. The summed E-state index contributed by atoms with van der Waals surface area (Å²) in [5.41, 5.74) is 0. The number of pyridine rings is 1. The zero-order valence-corrected chi connectivity index (χ0v) is 8.49. The molecule has 2 rings (SSSR count). The lowest BCUT2D eigenvalue weighted by atomic mass is 10.5. The molecule has 0 N–H and O–H groups in total. The lowest BCUT2D eigenvalue weighted by molar-refractivity contribution is 0.387. The van der Waals surface area contributed by atoms with Crippen LogP contribution in [0.25, 0.3) is 0 Å². The van der Waals surface area contributed by atoms with Gasteiger partial charge in [0, 0.05) is 6.20 Å². The fraction of sp³-hybridized carbons (Fsp3) is 0.222. The molecule has 2 aromatic rings. The van der Waals surface area contributed by atoms with Gasteiger partial charge in [-0.15, -0.1) is 0 Å². The molecular weight excluding hydrogens is 198 g/mol. The summed E-state index contributed by atoms with van der Waals surface area (Å²) in [6.45, 7) is 1.80. The minimum Gasteiger partial charge on any atom is -0.338 e. The first-order chi connectivity index (χ1) is 6.84. The summed E-state index contributed by atoms with van der Waals surface area (Å²) in [5.74, 6) is 1.97. The molecule has 2 aromatic heterocycles. The third-order valence-corrected chi connectivity index (χ3v) is 2.48. The average molecular weight is 207 g/mol. The molecule has 2 heterocycles. The Labute approximate surface area is 85.7 Å². The normalized spacial score (nSPS) is 10.4. The van der Waals surface area contributed by atoms with E-state index in [0.29, 0.717) is 17.5 Å². The Morgan fingerprint density at radius 1 is 1.43 bits per heavy atom. The lowest BCUT2D eigenvalue weighted by Gasteiger charge is -1.94. The lowest BCUT2D eigenvalue weighted by Crippen LogP contribution is -1.82. The van der Waals surface area contributed by atoms with E-state index in [-0.39, 0.29) is 0 Å². The summed E-state index contributed by atoms with van der Waals surface area (Å²) >= 11 is 1.58. The summed E-state index contributed by atoms with van der Waals surface area (Å²) in [6.07, 6.45) is 1.77. The Hall–Kier alpha value is -1.36. The number of rotatable bonds is 3. The van der Waals surface area contributed by atoms with Crippen molar-refractivity contribution in [3.63, 3.8) is 0 Å². The van der Waals surface area contributed by atoms with E-state index in [4.69, 9.17) is 4.52 Å². The van der Waals surface area contributed by atoms with Crippen LogP contribution in [0.2, 0.25) is 0 Å². The van der Waals surface area contributed by atoms with Gasteiger partial charge in [-0.05, 0) is 19.1 Å². The molecule has 0 aliphatic carbocycles. The first-order valence-corrected chi connectivity index (χ1v) is 5.16. The number of hydrogen-bond donors (Lipinski definition) is 0. The molecular formula is C9H9N3OS. The van der Waals surface area contributed by atoms with Gasteiger partial charge in [0.05, 0.1) is 10.8 Å². The van der Waals surface area contributed by atoms with Gasteiger partial charge >= 0.3 is 0 Å². The van der Waals surface area contributed by atoms with Crippen LogP contribution >= 0.6 is 11.8 Å². The molecule has 0 spiro atoms. The molecule has 5 heteroatoms. The molecule has 0 bridgehead atoms. The molecule has 72 valence electrons. The summed E-state index contributed by atoms with van der Waals surface area (Å²) in [5, 5.41) is 4.67. The van der Waals surface area contributed by atoms with Crippen LogP contribution in [0.15, 0.2) is 33.9 Å². The van der Waals surface area contributed by atoms with Crippen molar-refractivity contribution in [2.24, 2.45) is 0 Å². The van der Waals surface area contributed by atoms with Crippen molar-refractivity contribution in [3.05, 3.63) is 36.1 Å². The zero-order chi connectivity index (χ0) is 9.80. The van der Waals surface area contributed by atoms with Crippen LogP contribution < -0.4 is 0 Å². The molecule has 0 saturated heterocycles. The Bertz CT molecular complexity index is 401. The van der Waals surface area contributed by atoms with Gasteiger partial charge in [0.1, 0.15) is 0 Å². The first-order valence-electron chi connectivity index (χ1n) is 4.17. The van der Waals surface area contributed by atoms with Gasteiger partial charge in [-0.2, -0.15) is 4.98 Å². The second-order valence-corrected chi connectivity index (χ2v) is 3.69. The van der Waals surface area contributed by atoms with Crippen molar-refractivity contribution in [3.8, 4) is 0 Å². The molecule has 0 aromatic carbocycles. The van der Waals surface area contributed by atoms with Gasteiger partial charge in [0.25, 0.3) is 0 Å². The number of thioether (sulfide) groups is 1. The van der Waals surface area contributed by atoms with Crippen LogP contribution in [0.4, 0.5) is 0 Å². The third kappa shape index (κ3) is 2.32. The van der Waals surface area contributed by atoms with Crippen molar-refractivity contribution < 1.29 is 4.52 Å². The average Bonchev–Trinajstić information content (AvgIpc) is 2.63. The predicted molar refractivity (Wildman–Crippen MR) is 52.8 cm³/mol. The number of aryl methyl sites for hydroxylation is 1. The zero-order valence-electron chi connectivity index (χ0n) is 7.67. The minimum absolute atomic E-state index is 0.637. The van der Waals surface area contributed by atoms with Crippen molar-refractivity contribution >= 4 is 11.8 Å². The highest BCUT2D eigenvalue weighted by atomic mass is 32.2. The second-order valence-electron chi connectivity index (χ2n) is 2.69. The van der Waals surface area contributed by atoms with Gasteiger partial charge in [-0.25, -0.2) is 4.98 Å². The van der Waals surface area contributed by atoms with Gasteiger partial charge in [0.2, 0.25) is 5.89 Å². The molecule has 0 aliphatic heterocycles. The first kappa shape index (κ1) is 9.21. The maximum Gasteiger partial charge on any atom is 0.237 e. The van der Waals surface area contributed by atoms with Crippen molar-refractivity contribution in [1.29, 1.82) is 0 Å². The Balaban J connectivity index is 1.95. The largest absolute Gasteiger partial charge is 0.338 e. The van der Waals surface area contributed by atoms with Crippen molar-refractivity contribution in [2.45, 2.75) is 17.7 Å². The highest BCUT2D eigenvalue weighted by molar-refractivity contribution is 7.98. The molecule has 0 fully saturated rings.